The standard InChI is InChI=1S/C28H33N3O4/c1-3-24(33)31-23-15-30-22(14-13-20(28(30)35)19-11-7-8-12-19)26(31)25(21(23)16-32)27(34)29-17(2)18-9-5-4-6-10-18/h4-6,9-11,13-14,17,21,23,25-26,32H,3,7-8,12,15-16H2,1-2H3,(H,29,34)/t17-,21-,23-,25+,26+/m1/s1. The molecule has 5 atom stereocenters. The molecule has 7 heteroatoms. The van der Waals surface area contributed by atoms with Gasteiger partial charge in [-0.05, 0) is 49.5 Å². The smallest absolute Gasteiger partial charge is 0.258 e. The minimum atomic E-state index is -0.642. The van der Waals surface area contributed by atoms with Crippen molar-refractivity contribution in [2.24, 2.45) is 11.8 Å². The lowest BCUT2D eigenvalue weighted by molar-refractivity contribution is -0.136. The minimum absolute atomic E-state index is 0.0638. The average Bonchev–Trinajstić information content (AvgIpc) is 3.49. The number of rotatable bonds is 6. The third-order valence-electron chi connectivity index (χ3n) is 7.98. The van der Waals surface area contributed by atoms with Crippen LogP contribution >= 0.6 is 0 Å². The Kier molecular flexibility index (Phi) is 6.36. The fourth-order valence-electron chi connectivity index (χ4n) is 6.23. The van der Waals surface area contributed by atoms with E-state index in [0.29, 0.717) is 24.2 Å². The summed E-state index contributed by atoms with van der Waals surface area (Å²) in [4.78, 5) is 42.1. The van der Waals surface area contributed by atoms with Gasteiger partial charge in [-0.15, -0.1) is 0 Å². The first-order valence-corrected chi connectivity index (χ1v) is 12.7. The molecule has 2 aromatic rings. The van der Waals surface area contributed by atoms with Crippen molar-refractivity contribution in [3.8, 4) is 0 Å². The lowest BCUT2D eigenvalue weighted by atomic mass is 9.86. The molecule has 3 aliphatic rings. The fourth-order valence-corrected chi connectivity index (χ4v) is 6.23. The van der Waals surface area contributed by atoms with Gasteiger partial charge in [0, 0.05) is 36.7 Å². The van der Waals surface area contributed by atoms with Crippen LogP contribution in [0.15, 0.2) is 53.3 Å². The van der Waals surface area contributed by atoms with Crippen LogP contribution in [-0.2, 0) is 16.1 Å². The summed E-state index contributed by atoms with van der Waals surface area (Å²) in [7, 11) is 0. The van der Waals surface area contributed by atoms with Gasteiger partial charge in [-0.2, -0.15) is 0 Å². The third-order valence-corrected chi connectivity index (χ3v) is 7.98. The number of benzene rings is 1. The zero-order valence-corrected chi connectivity index (χ0v) is 20.3. The van der Waals surface area contributed by atoms with Crippen LogP contribution in [0.5, 0.6) is 0 Å². The number of aliphatic hydroxyl groups excluding tert-OH is 1. The highest BCUT2D eigenvalue weighted by Crippen LogP contribution is 2.49. The van der Waals surface area contributed by atoms with Crippen molar-refractivity contribution in [2.75, 3.05) is 6.61 Å². The molecule has 1 aromatic heterocycles. The molecule has 3 heterocycles. The second-order valence-electron chi connectivity index (χ2n) is 9.89. The summed E-state index contributed by atoms with van der Waals surface area (Å²) < 4.78 is 1.75. The zero-order chi connectivity index (χ0) is 24.7. The number of pyridine rings is 1. The molecule has 0 radical (unpaired) electrons. The summed E-state index contributed by atoms with van der Waals surface area (Å²) in [6, 6.07) is 12.3. The van der Waals surface area contributed by atoms with Crippen molar-refractivity contribution in [3.63, 3.8) is 0 Å². The summed E-state index contributed by atoms with van der Waals surface area (Å²) in [5, 5.41) is 13.5. The number of carbonyl (C=O) groups excluding carboxylic acids is 2. The van der Waals surface area contributed by atoms with E-state index in [0.717, 1.165) is 30.4 Å². The molecule has 1 aromatic carbocycles. The van der Waals surface area contributed by atoms with Gasteiger partial charge in [0.2, 0.25) is 11.8 Å². The zero-order valence-electron chi connectivity index (χ0n) is 20.3. The maximum Gasteiger partial charge on any atom is 0.258 e. The maximum atomic E-state index is 13.7. The Morgan fingerprint density at radius 3 is 2.60 bits per heavy atom. The highest BCUT2D eigenvalue weighted by atomic mass is 16.3. The van der Waals surface area contributed by atoms with Gasteiger partial charge in [0.1, 0.15) is 0 Å². The number of aliphatic hydroxyl groups is 1. The van der Waals surface area contributed by atoms with Gasteiger partial charge in [-0.1, -0.05) is 43.3 Å². The molecule has 2 bridgehead atoms. The summed E-state index contributed by atoms with van der Waals surface area (Å²) in [5.41, 5.74) is 3.38. The fraction of sp³-hybridized carbons (Fsp3) is 0.464. The van der Waals surface area contributed by atoms with Crippen LogP contribution in [-0.4, -0.2) is 39.0 Å². The van der Waals surface area contributed by atoms with Crippen LogP contribution in [0.25, 0.3) is 5.57 Å². The van der Waals surface area contributed by atoms with E-state index in [1.165, 1.54) is 0 Å². The Hall–Kier alpha value is -3.19. The van der Waals surface area contributed by atoms with Gasteiger partial charge in [0.25, 0.3) is 5.56 Å². The molecule has 0 spiro atoms. The highest BCUT2D eigenvalue weighted by Gasteiger charge is 2.57. The first-order valence-electron chi connectivity index (χ1n) is 12.7. The van der Waals surface area contributed by atoms with E-state index in [2.05, 4.69) is 11.4 Å². The SMILES string of the molecule is CCC(=O)N1[C@@H]2Cn3c(ccc(C4=CCCC4)c3=O)[C@H]1[C@@H](C(=O)N[C@H](C)c1ccccc1)[C@@H]2CO. The molecule has 1 aliphatic carbocycles. The Balaban J connectivity index is 1.55. The molecule has 5 rings (SSSR count). The third kappa shape index (κ3) is 3.92. The van der Waals surface area contributed by atoms with Crippen LogP contribution in [0.4, 0.5) is 0 Å². The van der Waals surface area contributed by atoms with Gasteiger partial charge >= 0.3 is 0 Å². The first kappa shape index (κ1) is 23.5. The van der Waals surface area contributed by atoms with E-state index in [9.17, 15) is 19.5 Å². The quantitative estimate of drug-likeness (QED) is 0.671. The predicted octanol–water partition coefficient (Wildman–Crippen LogP) is 3.19. The topological polar surface area (TPSA) is 91.6 Å². The predicted molar refractivity (Wildman–Crippen MR) is 133 cm³/mol. The molecule has 1 fully saturated rings. The van der Waals surface area contributed by atoms with E-state index < -0.39 is 23.9 Å². The number of carbonyl (C=O) groups is 2. The second-order valence-corrected chi connectivity index (χ2v) is 9.89. The molecule has 0 unspecified atom stereocenters. The number of allylic oxidation sites excluding steroid dienone is 2. The number of hydrogen-bond donors (Lipinski definition) is 2. The van der Waals surface area contributed by atoms with Crippen molar-refractivity contribution in [1.82, 2.24) is 14.8 Å². The van der Waals surface area contributed by atoms with E-state index in [1.807, 2.05) is 49.4 Å². The van der Waals surface area contributed by atoms with Crippen molar-refractivity contribution in [1.29, 1.82) is 0 Å². The van der Waals surface area contributed by atoms with Crippen LogP contribution in [0.2, 0.25) is 0 Å². The van der Waals surface area contributed by atoms with Gasteiger partial charge < -0.3 is 19.9 Å². The molecular weight excluding hydrogens is 442 g/mol. The molecule has 184 valence electrons. The Morgan fingerprint density at radius 2 is 1.94 bits per heavy atom. The Morgan fingerprint density at radius 1 is 1.17 bits per heavy atom. The molecule has 2 N–H and O–H groups in total. The monoisotopic (exact) mass is 475 g/mol. The van der Waals surface area contributed by atoms with Crippen molar-refractivity contribution in [3.05, 3.63) is 75.7 Å². The molecule has 35 heavy (non-hydrogen) atoms. The van der Waals surface area contributed by atoms with Gasteiger partial charge in [-0.25, -0.2) is 0 Å². The summed E-state index contributed by atoms with van der Waals surface area (Å²) in [6.07, 6.45) is 5.36. The maximum absolute atomic E-state index is 13.7. The van der Waals surface area contributed by atoms with Crippen molar-refractivity contribution < 1.29 is 14.7 Å². The molecule has 2 amide bonds. The van der Waals surface area contributed by atoms with E-state index >= 15 is 0 Å². The molecule has 1 saturated heterocycles. The number of hydrogen-bond acceptors (Lipinski definition) is 4. The van der Waals surface area contributed by atoms with Crippen LogP contribution in [0.3, 0.4) is 0 Å². The van der Waals surface area contributed by atoms with Gasteiger partial charge in [0.05, 0.1) is 24.0 Å². The highest BCUT2D eigenvalue weighted by molar-refractivity contribution is 5.84. The Bertz CT molecular complexity index is 1220. The second kappa shape index (κ2) is 9.46. The molecule has 7 nitrogen and oxygen atoms in total. The number of nitrogens with one attached hydrogen (secondary N) is 1. The lowest BCUT2D eigenvalue weighted by Crippen LogP contribution is -2.49. The minimum Gasteiger partial charge on any atom is -0.396 e. The number of amides is 2. The number of aromatic nitrogens is 1. The molecule has 2 aliphatic heterocycles. The van der Waals surface area contributed by atoms with Crippen molar-refractivity contribution >= 4 is 17.4 Å². The van der Waals surface area contributed by atoms with E-state index in [4.69, 9.17) is 0 Å². The molecular formula is C28H33N3O4. The van der Waals surface area contributed by atoms with Crippen LogP contribution in [0.1, 0.15) is 68.4 Å². The summed E-state index contributed by atoms with van der Waals surface area (Å²) in [6.45, 7) is 3.80. The van der Waals surface area contributed by atoms with E-state index in [1.54, 1.807) is 16.4 Å². The first-order chi connectivity index (χ1) is 17.0. The van der Waals surface area contributed by atoms with Gasteiger partial charge in [-0.3, -0.25) is 14.4 Å². The van der Waals surface area contributed by atoms with Gasteiger partial charge in [0.15, 0.2) is 0 Å². The lowest BCUT2D eigenvalue weighted by Gasteiger charge is -2.38. The summed E-state index contributed by atoms with van der Waals surface area (Å²) in [5.74, 6) is -1.36. The van der Waals surface area contributed by atoms with Crippen LogP contribution < -0.4 is 10.9 Å². The Labute approximate surface area is 205 Å². The summed E-state index contributed by atoms with van der Waals surface area (Å²) >= 11 is 0. The van der Waals surface area contributed by atoms with E-state index in [-0.39, 0.29) is 30.0 Å². The van der Waals surface area contributed by atoms with Crippen LogP contribution in [0, 0.1) is 11.8 Å². The number of nitrogens with zero attached hydrogens (tertiary/aromatic N) is 2. The van der Waals surface area contributed by atoms with Crippen molar-refractivity contribution in [2.45, 2.75) is 64.2 Å². The normalized spacial score (nSPS) is 25.7. The number of fused-ring (bicyclic) bond motifs is 4. The molecule has 0 saturated carbocycles. The average molecular weight is 476 g/mol. The largest absolute Gasteiger partial charge is 0.396 e.